The molecule has 1 unspecified atom stereocenters. The predicted octanol–water partition coefficient (Wildman–Crippen LogP) is 1.17. The lowest BCUT2D eigenvalue weighted by Gasteiger charge is -2.26. The second-order valence-corrected chi connectivity index (χ2v) is 4.82. The van der Waals surface area contributed by atoms with Gasteiger partial charge in [0.2, 0.25) is 5.91 Å². The lowest BCUT2D eigenvalue weighted by atomic mass is 9.87. The Kier molecular flexibility index (Phi) is 5.41. The van der Waals surface area contributed by atoms with Crippen molar-refractivity contribution in [3.8, 4) is 0 Å². The van der Waals surface area contributed by atoms with E-state index < -0.39 is 12.1 Å². The summed E-state index contributed by atoms with van der Waals surface area (Å²) in [4.78, 5) is 22.0. The molecule has 0 aromatic heterocycles. The maximum absolute atomic E-state index is 11.5. The number of aliphatic carboxylic acids is 1. The summed E-state index contributed by atoms with van der Waals surface area (Å²) in [5.41, 5.74) is 0. The van der Waals surface area contributed by atoms with E-state index in [0.717, 1.165) is 31.6 Å². The molecule has 5 nitrogen and oxygen atoms in total. The molecule has 0 spiro atoms. The van der Waals surface area contributed by atoms with Gasteiger partial charge in [0.25, 0.3) is 0 Å². The van der Waals surface area contributed by atoms with Crippen molar-refractivity contribution in [2.45, 2.75) is 51.7 Å². The van der Waals surface area contributed by atoms with E-state index in [1.54, 1.807) is 0 Å². The molecule has 1 fully saturated rings. The Labute approximate surface area is 102 Å². The van der Waals surface area contributed by atoms with Gasteiger partial charge in [-0.2, -0.15) is 0 Å². The number of amides is 1. The fraction of sp³-hybridized carbons (Fsp3) is 0.833. The van der Waals surface area contributed by atoms with Crippen LogP contribution in [0.3, 0.4) is 0 Å². The lowest BCUT2D eigenvalue weighted by molar-refractivity contribution is -0.150. The molecule has 0 heterocycles. The van der Waals surface area contributed by atoms with E-state index in [2.05, 4.69) is 12.2 Å². The van der Waals surface area contributed by atoms with Gasteiger partial charge in [-0.3, -0.25) is 4.79 Å². The summed E-state index contributed by atoms with van der Waals surface area (Å²) in [7, 11) is 0. The maximum Gasteiger partial charge on any atom is 0.332 e. The predicted molar refractivity (Wildman–Crippen MR) is 62.6 cm³/mol. The third-order valence-corrected chi connectivity index (χ3v) is 3.19. The highest BCUT2D eigenvalue weighted by atomic mass is 16.5. The van der Waals surface area contributed by atoms with Crippen LogP contribution < -0.4 is 5.32 Å². The van der Waals surface area contributed by atoms with Crippen molar-refractivity contribution in [2.24, 2.45) is 5.92 Å². The van der Waals surface area contributed by atoms with Crippen molar-refractivity contribution in [3.63, 3.8) is 0 Å². The van der Waals surface area contributed by atoms with Gasteiger partial charge in [-0.1, -0.05) is 6.92 Å². The molecule has 1 saturated carbocycles. The zero-order valence-electron chi connectivity index (χ0n) is 10.4. The van der Waals surface area contributed by atoms with Gasteiger partial charge in [-0.25, -0.2) is 4.79 Å². The first-order valence-electron chi connectivity index (χ1n) is 6.12. The minimum absolute atomic E-state index is 0.181. The highest BCUT2D eigenvalue weighted by Gasteiger charge is 2.20. The Bertz CT molecular complexity index is 272. The molecule has 1 amide bonds. The molecule has 0 aliphatic heterocycles. The molecule has 98 valence electrons. The number of carboxylic acids is 1. The van der Waals surface area contributed by atoms with Crippen LogP contribution >= 0.6 is 0 Å². The van der Waals surface area contributed by atoms with Gasteiger partial charge in [0.15, 0.2) is 6.10 Å². The second kappa shape index (κ2) is 6.59. The topological polar surface area (TPSA) is 75.6 Å². The molecule has 17 heavy (non-hydrogen) atoms. The van der Waals surface area contributed by atoms with Crippen LogP contribution in [0.5, 0.6) is 0 Å². The summed E-state index contributed by atoms with van der Waals surface area (Å²) in [5.74, 6) is -0.534. The third-order valence-electron chi connectivity index (χ3n) is 3.19. The van der Waals surface area contributed by atoms with Crippen molar-refractivity contribution in [3.05, 3.63) is 0 Å². The van der Waals surface area contributed by atoms with E-state index in [1.165, 1.54) is 6.92 Å². The molecule has 0 aromatic carbocycles. The Morgan fingerprint density at radius 2 is 1.94 bits per heavy atom. The Balaban J connectivity index is 2.19. The first-order chi connectivity index (χ1) is 7.99. The van der Waals surface area contributed by atoms with Crippen molar-refractivity contribution >= 4 is 11.9 Å². The highest BCUT2D eigenvalue weighted by molar-refractivity contribution is 5.78. The van der Waals surface area contributed by atoms with Crippen LogP contribution in [0.1, 0.15) is 39.5 Å². The molecule has 2 N–H and O–H groups in total. The van der Waals surface area contributed by atoms with E-state index in [4.69, 9.17) is 9.84 Å². The van der Waals surface area contributed by atoms with Crippen LogP contribution in [0.15, 0.2) is 0 Å². The van der Waals surface area contributed by atoms with Crippen molar-refractivity contribution in [2.75, 3.05) is 6.61 Å². The van der Waals surface area contributed by atoms with Crippen LogP contribution in [0.4, 0.5) is 0 Å². The van der Waals surface area contributed by atoms with Crippen LogP contribution in [-0.2, 0) is 14.3 Å². The molecule has 1 atom stereocenters. The number of carbonyl (C=O) groups excluding carboxylic acids is 1. The first kappa shape index (κ1) is 14.0. The maximum atomic E-state index is 11.5. The number of nitrogens with one attached hydrogen (secondary N) is 1. The number of carboxylic acid groups (broad SMARTS) is 1. The van der Waals surface area contributed by atoms with Crippen molar-refractivity contribution < 1.29 is 19.4 Å². The van der Waals surface area contributed by atoms with Crippen LogP contribution in [0.25, 0.3) is 0 Å². The largest absolute Gasteiger partial charge is 0.479 e. The summed E-state index contributed by atoms with van der Waals surface area (Å²) in [5, 5.41) is 11.5. The molecular formula is C12H21NO4. The number of rotatable bonds is 5. The number of hydrogen-bond acceptors (Lipinski definition) is 3. The number of ether oxygens (including phenoxy) is 1. The van der Waals surface area contributed by atoms with Gasteiger partial charge in [0, 0.05) is 6.04 Å². The SMILES string of the molecule is CC1CCC(NC(=O)COC(C)C(=O)O)CC1. The van der Waals surface area contributed by atoms with Gasteiger partial charge in [0.1, 0.15) is 6.61 Å². The zero-order chi connectivity index (χ0) is 12.8. The monoisotopic (exact) mass is 243 g/mol. The van der Waals surface area contributed by atoms with E-state index >= 15 is 0 Å². The Morgan fingerprint density at radius 1 is 1.35 bits per heavy atom. The molecule has 5 heteroatoms. The highest BCUT2D eigenvalue weighted by Crippen LogP contribution is 2.23. The molecule has 0 saturated heterocycles. The van der Waals surface area contributed by atoms with Crippen LogP contribution in [0.2, 0.25) is 0 Å². The smallest absolute Gasteiger partial charge is 0.332 e. The number of carbonyl (C=O) groups is 2. The van der Waals surface area contributed by atoms with Crippen LogP contribution in [0, 0.1) is 5.92 Å². The lowest BCUT2D eigenvalue weighted by Crippen LogP contribution is -2.40. The fourth-order valence-corrected chi connectivity index (χ4v) is 1.95. The van der Waals surface area contributed by atoms with E-state index in [-0.39, 0.29) is 18.6 Å². The third kappa shape index (κ3) is 5.17. The average molecular weight is 243 g/mol. The molecule has 1 rings (SSSR count). The standard InChI is InChI=1S/C12H21NO4/c1-8-3-5-10(6-4-8)13-11(14)7-17-9(2)12(15)16/h8-10H,3-7H2,1-2H3,(H,13,14)(H,15,16). The summed E-state index contributed by atoms with van der Waals surface area (Å²) in [6.45, 7) is 3.45. The van der Waals surface area contributed by atoms with E-state index in [0.29, 0.717) is 0 Å². The number of hydrogen-bond donors (Lipinski definition) is 2. The summed E-state index contributed by atoms with van der Waals surface area (Å²) in [6.07, 6.45) is 3.34. The van der Waals surface area contributed by atoms with Gasteiger partial charge >= 0.3 is 5.97 Å². The average Bonchev–Trinajstić information content (AvgIpc) is 2.29. The normalized spacial score (nSPS) is 26.2. The first-order valence-corrected chi connectivity index (χ1v) is 6.12. The minimum Gasteiger partial charge on any atom is -0.479 e. The Morgan fingerprint density at radius 3 is 2.47 bits per heavy atom. The van der Waals surface area contributed by atoms with E-state index in [1.807, 2.05) is 0 Å². The summed E-state index contributed by atoms with van der Waals surface area (Å²) >= 11 is 0. The van der Waals surface area contributed by atoms with E-state index in [9.17, 15) is 9.59 Å². The quantitative estimate of drug-likeness (QED) is 0.760. The fourth-order valence-electron chi connectivity index (χ4n) is 1.95. The van der Waals surface area contributed by atoms with Gasteiger partial charge in [-0.05, 0) is 38.5 Å². The minimum atomic E-state index is -1.05. The second-order valence-electron chi connectivity index (χ2n) is 4.82. The molecular weight excluding hydrogens is 222 g/mol. The van der Waals surface area contributed by atoms with Gasteiger partial charge in [0.05, 0.1) is 0 Å². The molecule has 0 aromatic rings. The summed E-state index contributed by atoms with van der Waals surface area (Å²) in [6, 6.07) is 0.224. The van der Waals surface area contributed by atoms with Crippen molar-refractivity contribution in [1.29, 1.82) is 0 Å². The molecule has 1 aliphatic carbocycles. The Hall–Kier alpha value is -1.10. The molecule has 0 bridgehead atoms. The van der Waals surface area contributed by atoms with Crippen LogP contribution in [-0.4, -0.2) is 35.7 Å². The molecule has 0 radical (unpaired) electrons. The summed E-state index contributed by atoms with van der Waals surface area (Å²) < 4.78 is 4.92. The van der Waals surface area contributed by atoms with Crippen molar-refractivity contribution in [1.82, 2.24) is 5.32 Å². The zero-order valence-corrected chi connectivity index (χ0v) is 10.4. The van der Waals surface area contributed by atoms with Gasteiger partial charge in [-0.15, -0.1) is 0 Å². The van der Waals surface area contributed by atoms with Gasteiger partial charge < -0.3 is 15.2 Å². The molecule has 1 aliphatic rings.